The largest absolute Gasteiger partial charge is 0.481 e. The number of nitriles is 1. The zero-order valence-electron chi connectivity index (χ0n) is 14.7. The lowest BCUT2D eigenvalue weighted by Gasteiger charge is -2.09. The number of carbonyl (C=O) groups is 1. The molecule has 0 bridgehead atoms. The molecule has 0 amide bonds. The number of hydrogen-bond donors (Lipinski definition) is 1. The Morgan fingerprint density at radius 2 is 2.15 bits per heavy atom. The molecule has 27 heavy (non-hydrogen) atoms. The van der Waals surface area contributed by atoms with Crippen molar-refractivity contribution in [3.8, 4) is 11.8 Å². The molecule has 3 aromatic rings. The van der Waals surface area contributed by atoms with Gasteiger partial charge >= 0.3 is 5.97 Å². The Hall–Kier alpha value is -3.11. The number of aromatic nitrogens is 2. The van der Waals surface area contributed by atoms with Gasteiger partial charge in [-0.25, -0.2) is 9.78 Å². The predicted octanol–water partition coefficient (Wildman–Crippen LogP) is 4.25. The van der Waals surface area contributed by atoms with Crippen LogP contribution in [0.3, 0.4) is 0 Å². The van der Waals surface area contributed by atoms with E-state index in [0.29, 0.717) is 22.7 Å². The molecular formula is C20H16BrN3O3. The van der Waals surface area contributed by atoms with E-state index in [4.69, 9.17) is 4.74 Å². The van der Waals surface area contributed by atoms with E-state index in [2.05, 4.69) is 36.7 Å². The SMILES string of the molecule is COC(=O)COc1ccc(Br)cc1C=C(C#N)c1nc2ccc(C)cc2[nH]1. The minimum atomic E-state index is -0.485. The number of fused-ring (bicyclic) bond motifs is 1. The number of nitrogens with one attached hydrogen (secondary N) is 1. The Bertz CT molecular complexity index is 1080. The molecule has 3 rings (SSSR count). The van der Waals surface area contributed by atoms with Crippen LogP contribution in [0.2, 0.25) is 0 Å². The standard InChI is InChI=1S/C20H16BrN3O3/c1-12-3-5-16-17(7-12)24-20(23-16)14(10-22)8-13-9-15(21)4-6-18(13)27-11-19(25)26-2/h3-9H,11H2,1-2H3,(H,23,24). The maximum absolute atomic E-state index is 11.4. The van der Waals surface area contributed by atoms with Gasteiger partial charge in [-0.2, -0.15) is 5.26 Å². The second-order valence-electron chi connectivity index (χ2n) is 5.82. The number of benzene rings is 2. The first-order valence-corrected chi connectivity index (χ1v) is 8.87. The number of methoxy groups -OCH3 is 1. The van der Waals surface area contributed by atoms with Crippen molar-refractivity contribution in [2.75, 3.05) is 13.7 Å². The zero-order valence-corrected chi connectivity index (χ0v) is 16.3. The van der Waals surface area contributed by atoms with E-state index >= 15 is 0 Å². The van der Waals surface area contributed by atoms with Gasteiger partial charge in [-0.15, -0.1) is 0 Å². The number of ether oxygens (including phenoxy) is 2. The summed E-state index contributed by atoms with van der Waals surface area (Å²) >= 11 is 3.41. The summed E-state index contributed by atoms with van der Waals surface area (Å²) in [6, 6.07) is 13.3. The number of allylic oxidation sites excluding steroid dienone is 1. The van der Waals surface area contributed by atoms with Crippen LogP contribution in [0.15, 0.2) is 40.9 Å². The highest BCUT2D eigenvalue weighted by Gasteiger charge is 2.11. The molecule has 1 heterocycles. The Balaban J connectivity index is 2.00. The number of nitrogens with zero attached hydrogens (tertiary/aromatic N) is 2. The van der Waals surface area contributed by atoms with Gasteiger partial charge < -0.3 is 14.5 Å². The first kappa shape index (κ1) is 18.7. The fraction of sp³-hybridized carbons (Fsp3) is 0.150. The van der Waals surface area contributed by atoms with E-state index < -0.39 is 5.97 Å². The summed E-state index contributed by atoms with van der Waals surface area (Å²) in [7, 11) is 1.30. The third-order valence-electron chi connectivity index (χ3n) is 3.86. The van der Waals surface area contributed by atoms with E-state index in [1.807, 2.05) is 25.1 Å². The molecule has 0 unspecified atom stereocenters. The van der Waals surface area contributed by atoms with Gasteiger partial charge in [0.05, 0.1) is 23.7 Å². The fourth-order valence-corrected chi connectivity index (χ4v) is 2.90. The molecule has 0 atom stereocenters. The second-order valence-corrected chi connectivity index (χ2v) is 6.74. The molecule has 2 aromatic carbocycles. The summed E-state index contributed by atoms with van der Waals surface area (Å²) in [5.74, 6) is 0.446. The van der Waals surface area contributed by atoms with Gasteiger partial charge in [0, 0.05) is 10.0 Å². The van der Waals surface area contributed by atoms with Crippen LogP contribution in [0.1, 0.15) is 17.0 Å². The lowest BCUT2D eigenvalue weighted by atomic mass is 10.1. The smallest absolute Gasteiger partial charge is 0.343 e. The van der Waals surface area contributed by atoms with Crippen molar-refractivity contribution in [1.29, 1.82) is 5.26 Å². The van der Waals surface area contributed by atoms with Crippen molar-refractivity contribution < 1.29 is 14.3 Å². The molecular weight excluding hydrogens is 410 g/mol. The maximum atomic E-state index is 11.4. The minimum Gasteiger partial charge on any atom is -0.481 e. The number of aryl methyl sites for hydroxylation is 1. The Kier molecular flexibility index (Phi) is 5.57. The first-order chi connectivity index (χ1) is 13.0. The summed E-state index contributed by atoms with van der Waals surface area (Å²) in [4.78, 5) is 19.0. The van der Waals surface area contributed by atoms with Crippen molar-refractivity contribution in [3.05, 3.63) is 57.8 Å². The van der Waals surface area contributed by atoms with E-state index in [0.717, 1.165) is 21.1 Å². The number of H-pyrrole nitrogens is 1. The maximum Gasteiger partial charge on any atom is 0.343 e. The van der Waals surface area contributed by atoms with Gasteiger partial charge in [0.2, 0.25) is 0 Å². The first-order valence-electron chi connectivity index (χ1n) is 8.08. The van der Waals surface area contributed by atoms with Crippen molar-refractivity contribution in [3.63, 3.8) is 0 Å². The van der Waals surface area contributed by atoms with Crippen LogP contribution < -0.4 is 4.74 Å². The highest BCUT2D eigenvalue weighted by molar-refractivity contribution is 9.10. The number of halogens is 1. The molecule has 0 saturated carbocycles. The molecule has 6 nitrogen and oxygen atoms in total. The molecule has 0 spiro atoms. The molecule has 0 aliphatic carbocycles. The lowest BCUT2D eigenvalue weighted by Crippen LogP contribution is -2.13. The number of carbonyl (C=O) groups excluding carboxylic acids is 1. The van der Waals surface area contributed by atoms with Crippen molar-refractivity contribution >= 4 is 44.6 Å². The van der Waals surface area contributed by atoms with E-state index in [-0.39, 0.29) is 6.61 Å². The Morgan fingerprint density at radius 3 is 2.89 bits per heavy atom. The molecule has 0 aliphatic heterocycles. The fourth-order valence-electron chi connectivity index (χ4n) is 2.52. The molecule has 1 aromatic heterocycles. The third-order valence-corrected chi connectivity index (χ3v) is 4.35. The van der Waals surface area contributed by atoms with Crippen LogP contribution >= 0.6 is 15.9 Å². The van der Waals surface area contributed by atoms with E-state index in [1.54, 1.807) is 24.3 Å². The van der Waals surface area contributed by atoms with Gasteiger partial charge in [-0.1, -0.05) is 22.0 Å². The van der Waals surface area contributed by atoms with Crippen molar-refractivity contribution in [2.45, 2.75) is 6.92 Å². The number of rotatable bonds is 5. The van der Waals surface area contributed by atoms with E-state index in [1.165, 1.54) is 7.11 Å². The summed E-state index contributed by atoms with van der Waals surface area (Å²) < 4.78 is 10.9. The average molecular weight is 426 g/mol. The Labute approximate surface area is 164 Å². The molecule has 7 heteroatoms. The minimum absolute atomic E-state index is 0.217. The topological polar surface area (TPSA) is 88.0 Å². The quantitative estimate of drug-likeness (QED) is 0.487. The zero-order chi connectivity index (χ0) is 19.4. The number of imidazole rings is 1. The number of hydrogen-bond acceptors (Lipinski definition) is 5. The summed E-state index contributed by atoms with van der Waals surface area (Å²) in [6.45, 7) is 1.78. The van der Waals surface area contributed by atoms with Crippen LogP contribution in [0.4, 0.5) is 0 Å². The Morgan fingerprint density at radius 1 is 1.33 bits per heavy atom. The average Bonchev–Trinajstić information content (AvgIpc) is 3.07. The molecule has 0 radical (unpaired) electrons. The van der Waals surface area contributed by atoms with Crippen molar-refractivity contribution in [1.82, 2.24) is 9.97 Å². The van der Waals surface area contributed by atoms with Crippen LogP contribution in [0.5, 0.6) is 5.75 Å². The van der Waals surface area contributed by atoms with Crippen LogP contribution in [-0.4, -0.2) is 29.7 Å². The molecule has 136 valence electrons. The monoisotopic (exact) mass is 425 g/mol. The van der Waals surface area contributed by atoms with Crippen molar-refractivity contribution in [2.24, 2.45) is 0 Å². The van der Waals surface area contributed by atoms with E-state index in [9.17, 15) is 10.1 Å². The van der Waals surface area contributed by atoms with Gasteiger partial charge in [0.25, 0.3) is 0 Å². The van der Waals surface area contributed by atoms with Gasteiger partial charge in [0.1, 0.15) is 17.6 Å². The summed E-state index contributed by atoms with van der Waals surface area (Å²) in [6.07, 6.45) is 1.67. The van der Waals surface area contributed by atoms with Gasteiger partial charge in [-0.3, -0.25) is 0 Å². The molecule has 0 aliphatic rings. The summed E-state index contributed by atoms with van der Waals surface area (Å²) in [5.41, 5.74) is 3.74. The van der Waals surface area contributed by atoms with Gasteiger partial charge in [-0.05, 0) is 48.9 Å². The summed E-state index contributed by atoms with van der Waals surface area (Å²) in [5, 5.41) is 9.63. The third kappa shape index (κ3) is 4.36. The number of esters is 1. The van der Waals surface area contributed by atoms with Crippen LogP contribution in [-0.2, 0) is 9.53 Å². The predicted molar refractivity (Wildman–Crippen MR) is 106 cm³/mol. The highest BCUT2D eigenvalue weighted by Crippen LogP contribution is 2.28. The van der Waals surface area contributed by atoms with Crippen LogP contribution in [0.25, 0.3) is 22.7 Å². The molecule has 1 N–H and O–H groups in total. The lowest BCUT2D eigenvalue weighted by molar-refractivity contribution is -0.142. The molecule has 0 fully saturated rings. The molecule has 0 saturated heterocycles. The number of aromatic amines is 1. The van der Waals surface area contributed by atoms with Gasteiger partial charge in [0.15, 0.2) is 6.61 Å². The van der Waals surface area contributed by atoms with Crippen LogP contribution in [0, 0.1) is 18.3 Å². The second kappa shape index (κ2) is 8.06. The normalized spacial score (nSPS) is 11.3. The highest BCUT2D eigenvalue weighted by atomic mass is 79.9.